The molecular formula is C10H10Cl2N6O2. The summed E-state index contributed by atoms with van der Waals surface area (Å²) in [6.45, 7) is 1.38. The molecule has 1 aliphatic rings. The molecule has 2 aromatic rings. The quantitative estimate of drug-likeness (QED) is 0.661. The van der Waals surface area contributed by atoms with E-state index in [2.05, 4.69) is 25.3 Å². The molecule has 0 saturated heterocycles. The molecule has 0 aliphatic carbocycles. The summed E-state index contributed by atoms with van der Waals surface area (Å²) in [5.74, 6) is 1.05. The Hall–Kier alpha value is -2.06. The number of nitrogens with two attached hydrogens (primary N) is 1. The van der Waals surface area contributed by atoms with Gasteiger partial charge < -0.3 is 20.8 Å². The monoisotopic (exact) mass is 316 g/mol. The SMILES string of the molecule is Clc1cnc2c(n1)NCCO2.Nc1nc(Cl)c[nH]c1=O. The van der Waals surface area contributed by atoms with Gasteiger partial charge in [-0.3, -0.25) is 4.79 Å². The molecule has 4 N–H and O–H groups in total. The second-order valence-electron chi connectivity index (χ2n) is 3.56. The van der Waals surface area contributed by atoms with Crippen molar-refractivity contribution in [1.29, 1.82) is 0 Å². The van der Waals surface area contributed by atoms with Crippen LogP contribution in [-0.4, -0.2) is 33.1 Å². The molecule has 0 unspecified atom stereocenters. The first-order chi connectivity index (χ1) is 9.56. The van der Waals surface area contributed by atoms with Crippen LogP contribution in [0.1, 0.15) is 0 Å². The van der Waals surface area contributed by atoms with Crippen LogP contribution in [-0.2, 0) is 0 Å². The van der Waals surface area contributed by atoms with Crippen molar-refractivity contribution in [3.05, 3.63) is 33.1 Å². The van der Waals surface area contributed by atoms with Gasteiger partial charge in [0, 0.05) is 6.20 Å². The summed E-state index contributed by atoms with van der Waals surface area (Å²) in [4.78, 5) is 24.2. The van der Waals surface area contributed by atoms with Gasteiger partial charge in [0.25, 0.3) is 11.4 Å². The van der Waals surface area contributed by atoms with Gasteiger partial charge in [-0.05, 0) is 0 Å². The van der Waals surface area contributed by atoms with Crippen LogP contribution in [0.3, 0.4) is 0 Å². The average molecular weight is 317 g/mol. The van der Waals surface area contributed by atoms with Crippen molar-refractivity contribution in [3.8, 4) is 5.88 Å². The molecule has 0 bridgehead atoms. The molecule has 0 radical (unpaired) electrons. The first kappa shape index (κ1) is 14.4. The molecule has 0 amide bonds. The van der Waals surface area contributed by atoms with Gasteiger partial charge in [0.05, 0.1) is 12.7 Å². The second-order valence-corrected chi connectivity index (χ2v) is 4.33. The number of anilines is 2. The smallest absolute Gasteiger partial charge is 0.290 e. The van der Waals surface area contributed by atoms with Gasteiger partial charge in [-0.15, -0.1) is 0 Å². The molecule has 0 spiro atoms. The van der Waals surface area contributed by atoms with Crippen molar-refractivity contribution in [1.82, 2.24) is 19.9 Å². The molecular weight excluding hydrogens is 307 g/mol. The Labute approximate surface area is 123 Å². The number of rotatable bonds is 0. The fourth-order valence-corrected chi connectivity index (χ4v) is 1.57. The van der Waals surface area contributed by atoms with Crippen molar-refractivity contribution in [2.75, 3.05) is 24.2 Å². The van der Waals surface area contributed by atoms with Gasteiger partial charge >= 0.3 is 0 Å². The number of aromatic amines is 1. The lowest BCUT2D eigenvalue weighted by molar-refractivity contribution is 0.308. The zero-order valence-corrected chi connectivity index (χ0v) is 11.6. The number of hydrogen-bond donors (Lipinski definition) is 3. The van der Waals surface area contributed by atoms with E-state index < -0.39 is 5.56 Å². The fourth-order valence-electron chi connectivity index (χ4n) is 1.29. The maximum Gasteiger partial charge on any atom is 0.290 e. The van der Waals surface area contributed by atoms with Crippen LogP contribution in [0, 0.1) is 0 Å². The minimum atomic E-state index is -0.417. The third-order valence-electron chi connectivity index (χ3n) is 2.13. The van der Waals surface area contributed by atoms with E-state index in [1.165, 1.54) is 12.4 Å². The maximum atomic E-state index is 10.5. The number of hydrogen-bond acceptors (Lipinski definition) is 7. The Morgan fingerprint density at radius 2 is 2.10 bits per heavy atom. The van der Waals surface area contributed by atoms with Crippen LogP contribution in [0.2, 0.25) is 10.3 Å². The van der Waals surface area contributed by atoms with Gasteiger partial charge in [-0.1, -0.05) is 23.2 Å². The number of aromatic nitrogens is 4. The maximum absolute atomic E-state index is 10.5. The van der Waals surface area contributed by atoms with E-state index >= 15 is 0 Å². The predicted molar refractivity (Wildman–Crippen MR) is 75.3 cm³/mol. The number of nitrogen functional groups attached to an aromatic ring is 1. The highest BCUT2D eigenvalue weighted by molar-refractivity contribution is 6.29. The molecule has 0 atom stereocenters. The highest BCUT2D eigenvalue weighted by atomic mass is 35.5. The number of H-pyrrole nitrogens is 1. The first-order valence-electron chi connectivity index (χ1n) is 5.46. The summed E-state index contributed by atoms with van der Waals surface area (Å²) < 4.78 is 5.18. The summed E-state index contributed by atoms with van der Waals surface area (Å²) in [6.07, 6.45) is 2.74. The Kier molecular flexibility index (Phi) is 4.59. The van der Waals surface area contributed by atoms with Crippen molar-refractivity contribution >= 4 is 34.8 Å². The topological polar surface area (TPSA) is 119 Å². The summed E-state index contributed by atoms with van der Waals surface area (Å²) in [7, 11) is 0. The zero-order chi connectivity index (χ0) is 14.5. The van der Waals surface area contributed by atoms with E-state index in [4.69, 9.17) is 33.7 Å². The minimum Gasteiger partial charge on any atom is -0.473 e. The van der Waals surface area contributed by atoms with Crippen molar-refractivity contribution < 1.29 is 4.74 Å². The van der Waals surface area contributed by atoms with Crippen LogP contribution >= 0.6 is 23.2 Å². The van der Waals surface area contributed by atoms with Crippen LogP contribution < -0.4 is 21.3 Å². The summed E-state index contributed by atoms with van der Waals surface area (Å²) in [5, 5.41) is 3.58. The van der Waals surface area contributed by atoms with Crippen LogP contribution in [0.4, 0.5) is 11.6 Å². The van der Waals surface area contributed by atoms with Gasteiger partial charge in [0.15, 0.2) is 11.6 Å². The molecule has 106 valence electrons. The van der Waals surface area contributed by atoms with Crippen molar-refractivity contribution in [2.24, 2.45) is 0 Å². The number of nitrogens with one attached hydrogen (secondary N) is 2. The Morgan fingerprint density at radius 3 is 2.80 bits per heavy atom. The van der Waals surface area contributed by atoms with E-state index in [-0.39, 0.29) is 11.0 Å². The Morgan fingerprint density at radius 1 is 1.30 bits per heavy atom. The molecule has 0 saturated carbocycles. The van der Waals surface area contributed by atoms with Gasteiger partial charge in [0.1, 0.15) is 16.9 Å². The van der Waals surface area contributed by atoms with E-state index in [1.807, 2.05) is 0 Å². The minimum absolute atomic E-state index is 0.109. The van der Waals surface area contributed by atoms with Gasteiger partial charge in [0.2, 0.25) is 0 Å². The van der Waals surface area contributed by atoms with Crippen molar-refractivity contribution in [3.63, 3.8) is 0 Å². The van der Waals surface area contributed by atoms with E-state index in [1.54, 1.807) is 0 Å². The average Bonchev–Trinajstić information content (AvgIpc) is 2.44. The lowest BCUT2D eigenvalue weighted by atomic mass is 10.5. The third kappa shape index (κ3) is 3.72. The zero-order valence-electron chi connectivity index (χ0n) is 10.1. The largest absolute Gasteiger partial charge is 0.473 e. The van der Waals surface area contributed by atoms with Crippen LogP contribution in [0.5, 0.6) is 5.88 Å². The Balaban J connectivity index is 0.000000151. The molecule has 10 heteroatoms. The molecule has 3 rings (SSSR count). The normalized spacial score (nSPS) is 12.3. The first-order valence-corrected chi connectivity index (χ1v) is 6.22. The molecule has 8 nitrogen and oxygen atoms in total. The highest BCUT2D eigenvalue weighted by Crippen LogP contribution is 2.22. The summed E-state index contributed by atoms with van der Waals surface area (Å²) >= 11 is 11.0. The second kappa shape index (κ2) is 6.40. The lowest BCUT2D eigenvalue weighted by Gasteiger charge is -2.15. The number of ether oxygens (including phenoxy) is 1. The molecule has 20 heavy (non-hydrogen) atoms. The van der Waals surface area contributed by atoms with Crippen LogP contribution in [0.15, 0.2) is 17.2 Å². The van der Waals surface area contributed by atoms with Gasteiger partial charge in [-0.2, -0.15) is 0 Å². The Bertz CT molecular complexity index is 662. The molecule has 3 heterocycles. The molecule has 0 fully saturated rings. The molecule has 1 aliphatic heterocycles. The number of nitrogens with zero attached hydrogens (tertiary/aromatic N) is 3. The van der Waals surface area contributed by atoms with E-state index in [0.29, 0.717) is 23.5 Å². The van der Waals surface area contributed by atoms with Crippen LogP contribution in [0.25, 0.3) is 0 Å². The molecule has 2 aromatic heterocycles. The number of halogens is 2. The van der Waals surface area contributed by atoms with E-state index in [9.17, 15) is 4.79 Å². The summed E-state index contributed by atoms with van der Waals surface area (Å²) in [5.41, 5.74) is 4.66. The standard InChI is InChI=1S/C6H6ClN3O.C4H4ClN3O/c7-4-3-9-6-5(10-4)8-1-2-11-6;5-2-1-7-4(9)3(6)8-2/h3H,1-2H2,(H,8,10);1H,(H2,6,8)(H,7,9). The fraction of sp³-hybridized carbons (Fsp3) is 0.200. The predicted octanol–water partition coefficient (Wildman–Crippen LogP) is 0.940. The van der Waals surface area contributed by atoms with E-state index in [0.717, 1.165) is 6.54 Å². The molecule has 0 aromatic carbocycles. The van der Waals surface area contributed by atoms with Gasteiger partial charge in [-0.25, -0.2) is 15.0 Å². The number of fused-ring (bicyclic) bond motifs is 1. The highest BCUT2D eigenvalue weighted by Gasteiger charge is 2.11. The lowest BCUT2D eigenvalue weighted by Crippen LogP contribution is -2.19. The summed E-state index contributed by atoms with van der Waals surface area (Å²) in [6, 6.07) is 0. The van der Waals surface area contributed by atoms with Crippen molar-refractivity contribution in [2.45, 2.75) is 0 Å². The third-order valence-corrected chi connectivity index (χ3v) is 2.50.